The number of carbonyl (C=O) groups is 2. The van der Waals surface area contributed by atoms with Crippen LogP contribution in [0.3, 0.4) is 0 Å². The van der Waals surface area contributed by atoms with Crippen molar-refractivity contribution in [3.63, 3.8) is 0 Å². The molecule has 6 nitrogen and oxygen atoms in total. The molecule has 0 aromatic heterocycles. The Hall–Kier alpha value is -1.99. The number of amides is 2. The van der Waals surface area contributed by atoms with Crippen LogP contribution in [0, 0.1) is 20.8 Å². The zero-order valence-corrected chi connectivity index (χ0v) is 14.7. The lowest BCUT2D eigenvalue weighted by molar-refractivity contribution is -0.162. The van der Waals surface area contributed by atoms with E-state index in [1.54, 1.807) is 26.0 Å². The summed E-state index contributed by atoms with van der Waals surface area (Å²) in [5.41, 5.74) is 2.74. The van der Waals surface area contributed by atoms with Crippen molar-refractivity contribution in [2.24, 2.45) is 0 Å². The minimum Gasteiger partial charge on any atom is -0.267 e. The van der Waals surface area contributed by atoms with E-state index in [0.29, 0.717) is 40.2 Å². The number of hydrogen-bond donors (Lipinski definition) is 0. The van der Waals surface area contributed by atoms with Crippen molar-refractivity contribution < 1.29 is 22.3 Å². The van der Waals surface area contributed by atoms with E-state index in [-0.39, 0.29) is 4.90 Å². The molecule has 1 aromatic carbocycles. The van der Waals surface area contributed by atoms with Gasteiger partial charge in [-0.05, 0) is 57.6 Å². The minimum atomic E-state index is -4.27. The third-order valence-corrected chi connectivity index (χ3v) is 5.87. The molecule has 0 atom stereocenters. The van der Waals surface area contributed by atoms with E-state index in [0.717, 1.165) is 18.4 Å². The van der Waals surface area contributed by atoms with Gasteiger partial charge >= 0.3 is 10.1 Å². The number of nitrogens with zero attached hydrogens (tertiary/aromatic N) is 1. The second kappa shape index (κ2) is 5.82. The van der Waals surface area contributed by atoms with Crippen LogP contribution in [0.1, 0.15) is 42.4 Å². The van der Waals surface area contributed by atoms with Crippen LogP contribution in [0.2, 0.25) is 0 Å². The molecule has 0 saturated carbocycles. The zero-order chi connectivity index (χ0) is 17.6. The van der Waals surface area contributed by atoms with Gasteiger partial charge in [0.2, 0.25) is 0 Å². The van der Waals surface area contributed by atoms with Gasteiger partial charge in [0.15, 0.2) is 0 Å². The smallest absolute Gasteiger partial charge is 0.267 e. The third kappa shape index (κ3) is 2.67. The Bertz CT molecular complexity index is 831. The van der Waals surface area contributed by atoms with Crippen LogP contribution in [0.15, 0.2) is 28.2 Å². The lowest BCUT2D eigenvalue weighted by Crippen LogP contribution is -2.34. The molecule has 1 heterocycles. The van der Waals surface area contributed by atoms with Gasteiger partial charge in [-0.3, -0.25) is 9.59 Å². The van der Waals surface area contributed by atoms with Gasteiger partial charge in [0.1, 0.15) is 4.90 Å². The quantitative estimate of drug-likeness (QED) is 0.783. The molecule has 0 saturated heterocycles. The minimum absolute atomic E-state index is 0.00132. The lowest BCUT2D eigenvalue weighted by atomic mass is 9.93. The molecule has 0 fully saturated rings. The maximum atomic E-state index is 12.7. The third-order valence-electron chi connectivity index (χ3n) is 4.38. The second-order valence-corrected chi connectivity index (χ2v) is 7.79. The molecule has 2 aliphatic rings. The first-order chi connectivity index (χ1) is 11.2. The van der Waals surface area contributed by atoms with Gasteiger partial charge in [-0.1, -0.05) is 17.7 Å². The van der Waals surface area contributed by atoms with Crippen LogP contribution in [0.4, 0.5) is 0 Å². The second-order valence-electron chi connectivity index (χ2n) is 6.33. The molecule has 2 amide bonds. The molecule has 128 valence electrons. The van der Waals surface area contributed by atoms with Gasteiger partial charge < -0.3 is 0 Å². The van der Waals surface area contributed by atoms with Crippen LogP contribution in [-0.2, 0) is 24.0 Å². The van der Waals surface area contributed by atoms with Crippen LogP contribution < -0.4 is 0 Å². The Balaban J connectivity index is 1.94. The Kier molecular flexibility index (Phi) is 4.09. The van der Waals surface area contributed by atoms with Gasteiger partial charge in [0.25, 0.3) is 11.8 Å². The molecule has 0 spiro atoms. The average molecular weight is 349 g/mol. The first-order valence-electron chi connectivity index (χ1n) is 7.85. The summed E-state index contributed by atoms with van der Waals surface area (Å²) in [5.74, 6) is -1.30. The summed E-state index contributed by atoms with van der Waals surface area (Å²) in [6.07, 6.45) is 2.61. The van der Waals surface area contributed by atoms with E-state index < -0.39 is 21.9 Å². The molecule has 24 heavy (non-hydrogen) atoms. The van der Waals surface area contributed by atoms with Crippen molar-refractivity contribution in [2.45, 2.75) is 51.3 Å². The van der Waals surface area contributed by atoms with Crippen molar-refractivity contribution in [3.8, 4) is 0 Å². The van der Waals surface area contributed by atoms with E-state index in [4.69, 9.17) is 4.28 Å². The number of hydroxylamine groups is 2. The number of imide groups is 1. The fourth-order valence-corrected chi connectivity index (χ4v) is 4.79. The number of rotatable bonds is 3. The van der Waals surface area contributed by atoms with Crippen LogP contribution >= 0.6 is 0 Å². The van der Waals surface area contributed by atoms with E-state index in [1.165, 1.54) is 0 Å². The summed E-state index contributed by atoms with van der Waals surface area (Å²) < 4.78 is 30.3. The summed E-state index contributed by atoms with van der Waals surface area (Å²) in [4.78, 5) is 24.7. The molecule has 0 radical (unpaired) electrons. The van der Waals surface area contributed by atoms with Gasteiger partial charge in [-0.2, -0.15) is 8.42 Å². The topological polar surface area (TPSA) is 80.8 Å². The van der Waals surface area contributed by atoms with E-state index in [2.05, 4.69) is 0 Å². The predicted octanol–water partition coefficient (Wildman–Crippen LogP) is 2.47. The highest BCUT2D eigenvalue weighted by molar-refractivity contribution is 7.86. The molecule has 1 aromatic rings. The number of carbonyl (C=O) groups excluding carboxylic acids is 2. The number of benzene rings is 1. The van der Waals surface area contributed by atoms with Crippen molar-refractivity contribution in [1.82, 2.24) is 5.06 Å². The maximum absolute atomic E-state index is 12.7. The summed E-state index contributed by atoms with van der Waals surface area (Å²) in [5, 5.41) is 0.407. The highest BCUT2D eigenvalue weighted by Crippen LogP contribution is 2.34. The van der Waals surface area contributed by atoms with E-state index >= 15 is 0 Å². The molecule has 1 aliphatic heterocycles. The Morgan fingerprint density at radius 2 is 1.38 bits per heavy atom. The van der Waals surface area contributed by atoms with Crippen LogP contribution in [0.5, 0.6) is 0 Å². The van der Waals surface area contributed by atoms with E-state index in [9.17, 15) is 18.0 Å². The summed E-state index contributed by atoms with van der Waals surface area (Å²) in [6, 6.07) is 3.44. The fourth-order valence-electron chi connectivity index (χ4n) is 3.48. The Labute approximate surface area is 141 Å². The fraction of sp³-hybridized carbons (Fsp3) is 0.412. The highest BCUT2D eigenvalue weighted by atomic mass is 32.2. The van der Waals surface area contributed by atoms with Gasteiger partial charge in [-0.25, -0.2) is 0 Å². The van der Waals surface area contributed by atoms with Gasteiger partial charge in [0.05, 0.1) is 0 Å². The largest absolute Gasteiger partial charge is 0.318 e. The summed E-state index contributed by atoms with van der Waals surface area (Å²) >= 11 is 0. The average Bonchev–Trinajstić information content (AvgIpc) is 2.71. The summed E-state index contributed by atoms with van der Waals surface area (Å²) in [6.45, 7) is 5.18. The SMILES string of the molecule is Cc1cc(C)c(S(=O)(=O)ON2C(=O)C3=C(CCCC3)C2=O)c(C)c1. The first-order valence-corrected chi connectivity index (χ1v) is 9.26. The molecule has 0 unspecified atom stereocenters. The summed E-state index contributed by atoms with van der Waals surface area (Å²) in [7, 11) is -4.27. The lowest BCUT2D eigenvalue weighted by Gasteiger charge is -2.16. The molecule has 1 aliphatic carbocycles. The molecule has 0 N–H and O–H groups in total. The maximum Gasteiger partial charge on any atom is 0.318 e. The van der Waals surface area contributed by atoms with Crippen LogP contribution in [0.25, 0.3) is 0 Å². The first kappa shape index (κ1) is 16.9. The molecular weight excluding hydrogens is 330 g/mol. The standard InChI is InChI=1S/C17H19NO5S/c1-10-8-11(2)15(12(3)9-10)24(21,22)23-18-16(19)13-6-4-5-7-14(13)17(18)20/h8-9H,4-7H2,1-3H3. The Morgan fingerprint density at radius 1 is 0.917 bits per heavy atom. The number of hydrogen-bond acceptors (Lipinski definition) is 5. The highest BCUT2D eigenvalue weighted by Gasteiger charge is 2.43. The van der Waals surface area contributed by atoms with Crippen molar-refractivity contribution >= 4 is 21.9 Å². The van der Waals surface area contributed by atoms with Gasteiger partial charge in [-0.15, -0.1) is 9.35 Å². The molecular formula is C17H19NO5S. The van der Waals surface area contributed by atoms with Gasteiger partial charge in [0, 0.05) is 11.1 Å². The predicted molar refractivity (Wildman–Crippen MR) is 86.3 cm³/mol. The molecule has 0 bridgehead atoms. The molecule has 7 heteroatoms. The van der Waals surface area contributed by atoms with Crippen molar-refractivity contribution in [3.05, 3.63) is 40.0 Å². The number of aryl methyl sites for hydroxylation is 3. The van der Waals surface area contributed by atoms with E-state index in [1.807, 2.05) is 6.92 Å². The molecule has 3 rings (SSSR count). The normalized spacial score (nSPS) is 18.4. The Morgan fingerprint density at radius 3 is 1.83 bits per heavy atom. The van der Waals surface area contributed by atoms with Crippen molar-refractivity contribution in [2.75, 3.05) is 0 Å². The zero-order valence-electron chi connectivity index (χ0n) is 13.9. The monoisotopic (exact) mass is 349 g/mol. The van der Waals surface area contributed by atoms with Crippen molar-refractivity contribution in [1.29, 1.82) is 0 Å². The van der Waals surface area contributed by atoms with Crippen LogP contribution in [-0.4, -0.2) is 25.3 Å².